The molecule has 3 rings (SSSR count). The number of benzene rings is 2. The number of hydrogen-bond donors (Lipinski definition) is 1. The van der Waals surface area contributed by atoms with Crippen LogP contribution < -0.4 is 14.8 Å². The summed E-state index contributed by atoms with van der Waals surface area (Å²) in [7, 11) is -0.968. The van der Waals surface area contributed by atoms with E-state index in [1.165, 1.54) is 36.7 Å². The first kappa shape index (κ1) is 24.5. The number of amides is 1. The first-order valence-corrected chi connectivity index (χ1v) is 12.1. The highest BCUT2D eigenvalue weighted by Gasteiger charge is 2.29. The van der Waals surface area contributed by atoms with Gasteiger partial charge in [0.15, 0.2) is 6.61 Å². The summed E-state index contributed by atoms with van der Waals surface area (Å²) in [5.41, 5.74) is 0.504. The number of anilines is 1. The highest BCUT2D eigenvalue weighted by Crippen LogP contribution is 2.29. The van der Waals surface area contributed by atoms with Gasteiger partial charge in [0.2, 0.25) is 10.0 Å². The molecule has 1 fully saturated rings. The van der Waals surface area contributed by atoms with Crippen LogP contribution in [0.2, 0.25) is 0 Å². The monoisotopic (exact) mass is 476 g/mol. The zero-order valence-electron chi connectivity index (χ0n) is 18.7. The molecule has 0 spiro atoms. The van der Waals surface area contributed by atoms with Crippen LogP contribution in [0.15, 0.2) is 47.4 Å². The van der Waals surface area contributed by atoms with E-state index >= 15 is 0 Å². The zero-order chi connectivity index (χ0) is 23.8. The normalized spacial score (nSPS) is 14.7. The molecule has 0 radical (unpaired) electrons. The fourth-order valence-electron chi connectivity index (χ4n) is 3.54. The van der Waals surface area contributed by atoms with Gasteiger partial charge in [-0.3, -0.25) is 4.79 Å². The van der Waals surface area contributed by atoms with Crippen LogP contribution in [0.4, 0.5) is 5.69 Å². The molecule has 0 aromatic heterocycles. The molecule has 1 aliphatic heterocycles. The van der Waals surface area contributed by atoms with Crippen molar-refractivity contribution in [2.24, 2.45) is 0 Å². The molecule has 1 N–H and O–H groups in total. The maximum absolute atomic E-state index is 13.2. The number of hydrogen-bond acceptors (Lipinski definition) is 7. The summed E-state index contributed by atoms with van der Waals surface area (Å²) in [6.45, 7) is 0.311. The average molecular weight is 477 g/mol. The van der Waals surface area contributed by atoms with Gasteiger partial charge in [-0.05, 0) is 43.2 Å². The summed E-state index contributed by atoms with van der Waals surface area (Å²) in [6, 6.07) is 10.8. The van der Waals surface area contributed by atoms with Gasteiger partial charge in [-0.2, -0.15) is 4.31 Å². The van der Waals surface area contributed by atoms with E-state index in [0.29, 0.717) is 24.5 Å². The number of nitrogens with zero attached hydrogens (tertiary/aromatic N) is 1. The molecule has 1 heterocycles. The number of carbonyl (C=O) groups excluding carboxylic acids is 2. The lowest BCUT2D eigenvalue weighted by Crippen LogP contribution is -2.32. The molecule has 0 aliphatic carbocycles. The van der Waals surface area contributed by atoms with E-state index < -0.39 is 28.5 Å². The maximum Gasteiger partial charge on any atom is 0.338 e. The molecule has 33 heavy (non-hydrogen) atoms. The van der Waals surface area contributed by atoms with Crippen LogP contribution in [0.5, 0.6) is 11.5 Å². The summed E-state index contributed by atoms with van der Waals surface area (Å²) in [5, 5.41) is 2.61. The molecule has 1 saturated heterocycles. The van der Waals surface area contributed by atoms with Crippen LogP contribution in [-0.4, -0.2) is 58.5 Å². The minimum Gasteiger partial charge on any atom is -0.497 e. The van der Waals surface area contributed by atoms with E-state index in [2.05, 4.69) is 5.32 Å². The molecule has 2 aromatic carbocycles. The van der Waals surface area contributed by atoms with E-state index in [9.17, 15) is 18.0 Å². The predicted molar refractivity (Wildman–Crippen MR) is 122 cm³/mol. The lowest BCUT2D eigenvalue weighted by Gasteiger charge is -2.21. The van der Waals surface area contributed by atoms with E-state index in [0.717, 1.165) is 25.7 Å². The lowest BCUT2D eigenvalue weighted by atomic mass is 10.2. The molecular weight excluding hydrogens is 448 g/mol. The van der Waals surface area contributed by atoms with Crippen LogP contribution in [0.25, 0.3) is 0 Å². The molecule has 9 nitrogen and oxygen atoms in total. The summed E-state index contributed by atoms with van der Waals surface area (Å²) < 4.78 is 43.3. The summed E-state index contributed by atoms with van der Waals surface area (Å²) in [6.07, 6.45) is 3.53. The van der Waals surface area contributed by atoms with Gasteiger partial charge in [0.25, 0.3) is 5.91 Å². The van der Waals surface area contributed by atoms with Gasteiger partial charge in [-0.25, -0.2) is 13.2 Å². The molecule has 1 aliphatic rings. The Balaban J connectivity index is 1.71. The molecule has 0 bridgehead atoms. The quantitative estimate of drug-likeness (QED) is 0.583. The van der Waals surface area contributed by atoms with Gasteiger partial charge in [0.05, 0.1) is 19.8 Å². The van der Waals surface area contributed by atoms with E-state index in [4.69, 9.17) is 14.2 Å². The highest BCUT2D eigenvalue weighted by molar-refractivity contribution is 7.89. The molecule has 2 aromatic rings. The topological polar surface area (TPSA) is 111 Å². The summed E-state index contributed by atoms with van der Waals surface area (Å²) in [4.78, 5) is 24.6. The minimum atomic E-state index is -3.85. The Morgan fingerprint density at radius 2 is 1.70 bits per heavy atom. The Bertz CT molecular complexity index is 1090. The standard InChI is InChI=1S/C23H28N2O7S/c1-30-19-9-7-8-18(15-19)24-22(26)16-32-23(27)17-10-11-20(31-2)21(14-17)33(28,29)25-12-5-3-4-6-13-25/h7-11,14-15H,3-6,12-13,16H2,1-2H3,(H,24,26). The minimum absolute atomic E-state index is 0.0124. The van der Waals surface area contributed by atoms with E-state index in [-0.39, 0.29) is 16.2 Å². The van der Waals surface area contributed by atoms with Gasteiger partial charge in [0.1, 0.15) is 16.4 Å². The number of esters is 1. The van der Waals surface area contributed by atoms with Crippen LogP contribution in [-0.2, 0) is 19.6 Å². The third-order valence-electron chi connectivity index (χ3n) is 5.27. The van der Waals surface area contributed by atoms with Crippen molar-refractivity contribution in [3.05, 3.63) is 48.0 Å². The number of sulfonamides is 1. The third kappa shape index (κ3) is 6.23. The van der Waals surface area contributed by atoms with Crippen molar-refractivity contribution in [1.82, 2.24) is 4.31 Å². The largest absolute Gasteiger partial charge is 0.497 e. The number of ether oxygens (including phenoxy) is 3. The molecule has 178 valence electrons. The number of methoxy groups -OCH3 is 2. The second-order valence-electron chi connectivity index (χ2n) is 7.54. The fraction of sp³-hybridized carbons (Fsp3) is 0.391. The van der Waals surface area contributed by atoms with Crippen molar-refractivity contribution < 1.29 is 32.2 Å². The Hall–Kier alpha value is -3.11. The Labute approximate surface area is 193 Å². The van der Waals surface area contributed by atoms with Crippen molar-refractivity contribution in [2.45, 2.75) is 30.6 Å². The lowest BCUT2D eigenvalue weighted by molar-refractivity contribution is -0.119. The molecule has 0 saturated carbocycles. The first-order valence-electron chi connectivity index (χ1n) is 10.6. The zero-order valence-corrected chi connectivity index (χ0v) is 19.5. The first-order chi connectivity index (χ1) is 15.8. The van der Waals surface area contributed by atoms with E-state index in [1.54, 1.807) is 24.3 Å². The van der Waals surface area contributed by atoms with Crippen molar-refractivity contribution in [3.8, 4) is 11.5 Å². The van der Waals surface area contributed by atoms with Crippen molar-refractivity contribution in [3.63, 3.8) is 0 Å². The van der Waals surface area contributed by atoms with Gasteiger partial charge >= 0.3 is 5.97 Å². The molecule has 10 heteroatoms. The molecule has 0 unspecified atom stereocenters. The number of nitrogens with one attached hydrogen (secondary N) is 1. The maximum atomic E-state index is 13.2. The summed E-state index contributed by atoms with van der Waals surface area (Å²) >= 11 is 0. The summed E-state index contributed by atoms with van der Waals surface area (Å²) in [5.74, 6) is -0.638. The Morgan fingerprint density at radius 1 is 0.970 bits per heavy atom. The van der Waals surface area contributed by atoms with Crippen LogP contribution >= 0.6 is 0 Å². The van der Waals surface area contributed by atoms with Crippen LogP contribution in [0.1, 0.15) is 36.0 Å². The average Bonchev–Trinajstić information content (AvgIpc) is 3.12. The van der Waals surface area contributed by atoms with Crippen molar-refractivity contribution in [1.29, 1.82) is 0 Å². The van der Waals surface area contributed by atoms with Gasteiger partial charge < -0.3 is 19.5 Å². The van der Waals surface area contributed by atoms with E-state index in [1.807, 2.05) is 0 Å². The fourth-order valence-corrected chi connectivity index (χ4v) is 5.24. The Kier molecular flexibility index (Phi) is 8.29. The van der Waals surface area contributed by atoms with Crippen molar-refractivity contribution in [2.75, 3.05) is 39.2 Å². The SMILES string of the molecule is COc1cccc(NC(=O)COC(=O)c2ccc(OC)c(S(=O)(=O)N3CCCCCC3)c2)c1. The van der Waals surface area contributed by atoms with Gasteiger partial charge in [-0.15, -0.1) is 0 Å². The molecule has 1 amide bonds. The van der Waals surface area contributed by atoms with Crippen molar-refractivity contribution >= 4 is 27.6 Å². The van der Waals surface area contributed by atoms with Gasteiger partial charge in [-0.1, -0.05) is 18.9 Å². The second kappa shape index (κ2) is 11.2. The smallest absolute Gasteiger partial charge is 0.338 e. The van der Waals surface area contributed by atoms with Gasteiger partial charge in [0, 0.05) is 24.8 Å². The number of rotatable bonds is 8. The van der Waals surface area contributed by atoms with Crippen LogP contribution in [0.3, 0.4) is 0 Å². The van der Waals surface area contributed by atoms with Crippen LogP contribution in [0, 0.1) is 0 Å². The second-order valence-corrected chi connectivity index (χ2v) is 9.45. The molecule has 0 atom stereocenters. The third-order valence-corrected chi connectivity index (χ3v) is 7.19. The highest BCUT2D eigenvalue weighted by atomic mass is 32.2. The number of carbonyl (C=O) groups is 2. The Morgan fingerprint density at radius 3 is 2.36 bits per heavy atom. The predicted octanol–water partition coefficient (Wildman–Crippen LogP) is 3.06. The molecular formula is C23H28N2O7S.